The van der Waals surface area contributed by atoms with Gasteiger partial charge in [0.05, 0.1) is 11.3 Å². The Balaban J connectivity index is 2.32. The minimum Gasteiger partial charge on any atom is -0.508 e. The molecule has 0 aliphatic heterocycles. The Bertz CT molecular complexity index is 605. The summed E-state index contributed by atoms with van der Waals surface area (Å²) >= 11 is 0. The number of aliphatic imine (C=N–C) groups is 1. The van der Waals surface area contributed by atoms with Crippen LogP contribution in [0.1, 0.15) is 15.9 Å². The number of benzene rings is 2. The third kappa shape index (κ3) is 2.74. The van der Waals surface area contributed by atoms with Crippen molar-refractivity contribution in [2.24, 2.45) is 4.99 Å². The van der Waals surface area contributed by atoms with Crippen LogP contribution in [0, 0.1) is 0 Å². The predicted octanol–water partition coefficient (Wildman–Crippen LogP) is 2.84. The van der Waals surface area contributed by atoms with E-state index in [1.54, 1.807) is 42.5 Å². The van der Waals surface area contributed by atoms with Gasteiger partial charge < -0.3 is 10.2 Å². The number of hydrogen-bond donors (Lipinski definition) is 2. The second kappa shape index (κ2) is 5.14. The Morgan fingerprint density at radius 1 is 1.11 bits per heavy atom. The van der Waals surface area contributed by atoms with E-state index in [1.165, 1.54) is 12.3 Å². The SMILES string of the molecule is O=C(O)c1ccccc1N=Cc1cccc(O)c1. The number of carboxylic acid groups (broad SMARTS) is 1. The highest BCUT2D eigenvalue weighted by atomic mass is 16.4. The summed E-state index contributed by atoms with van der Waals surface area (Å²) in [7, 11) is 0. The number of para-hydroxylation sites is 1. The maximum absolute atomic E-state index is 11.0. The lowest BCUT2D eigenvalue weighted by molar-refractivity contribution is 0.0698. The van der Waals surface area contributed by atoms with Gasteiger partial charge in [0.2, 0.25) is 0 Å². The van der Waals surface area contributed by atoms with Gasteiger partial charge in [0.25, 0.3) is 0 Å². The molecule has 2 aromatic rings. The fourth-order valence-corrected chi connectivity index (χ4v) is 1.52. The lowest BCUT2D eigenvalue weighted by Gasteiger charge is -1.99. The van der Waals surface area contributed by atoms with Crippen LogP contribution in [0.2, 0.25) is 0 Å². The van der Waals surface area contributed by atoms with E-state index < -0.39 is 5.97 Å². The zero-order chi connectivity index (χ0) is 13.0. The van der Waals surface area contributed by atoms with Crippen molar-refractivity contribution in [1.82, 2.24) is 0 Å². The molecule has 0 aliphatic carbocycles. The first-order chi connectivity index (χ1) is 8.66. The topological polar surface area (TPSA) is 69.9 Å². The fraction of sp³-hybridized carbons (Fsp3) is 0. The molecule has 18 heavy (non-hydrogen) atoms. The highest BCUT2D eigenvalue weighted by molar-refractivity contribution is 5.95. The van der Waals surface area contributed by atoms with Crippen molar-refractivity contribution in [2.45, 2.75) is 0 Å². The zero-order valence-electron chi connectivity index (χ0n) is 9.45. The largest absolute Gasteiger partial charge is 0.508 e. The lowest BCUT2D eigenvalue weighted by atomic mass is 10.2. The van der Waals surface area contributed by atoms with Crippen LogP contribution in [-0.4, -0.2) is 22.4 Å². The van der Waals surface area contributed by atoms with E-state index in [1.807, 2.05) is 0 Å². The Labute approximate surface area is 104 Å². The number of phenolic OH excluding ortho intramolecular Hbond substituents is 1. The number of rotatable bonds is 3. The molecule has 4 heteroatoms. The van der Waals surface area contributed by atoms with Gasteiger partial charge in [-0.05, 0) is 29.8 Å². The third-order valence-electron chi connectivity index (χ3n) is 2.36. The van der Waals surface area contributed by atoms with Crippen molar-refractivity contribution in [2.75, 3.05) is 0 Å². The molecular formula is C14H11NO3. The summed E-state index contributed by atoms with van der Waals surface area (Å²) in [4.78, 5) is 15.1. The average molecular weight is 241 g/mol. The van der Waals surface area contributed by atoms with Crippen LogP contribution in [0.4, 0.5) is 5.69 Å². The molecule has 2 rings (SSSR count). The molecule has 0 spiro atoms. The maximum Gasteiger partial charge on any atom is 0.337 e. The van der Waals surface area contributed by atoms with E-state index in [-0.39, 0.29) is 11.3 Å². The molecule has 2 aromatic carbocycles. The van der Waals surface area contributed by atoms with Gasteiger partial charge in [-0.15, -0.1) is 0 Å². The molecule has 0 atom stereocenters. The molecule has 2 N–H and O–H groups in total. The van der Waals surface area contributed by atoms with Gasteiger partial charge in [-0.25, -0.2) is 4.79 Å². The van der Waals surface area contributed by atoms with Crippen molar-refractivity contribution < 1.29 is 15.0 Å². The van der Waals surface area contributed by atoms with Crippen LogP contribution in [0.5, 0.6) is 5.75 Å². The van der Waals surface area contributed by atoms with Crippen molar-refractivity contribution in [3.8, 4) is 5.75 Å². The number of phenols is 1. The van der Waals surface area contributed by atoms with E-state index in [2.05, 4.69) is 4.99 Å². The summed E-state index contributed by atoms with van der Waals surface area (Å²) in [6, 6.07) is 13.1. The smallest absolute Gasteiger partial charge is 0.337 e. The van der Waals surface area contributed by atoms with Gasteiger partial charge in [-0.2, -0.15) is 0 Å². The minimum absolute atomic E-state index is 0.144. The van der Waals surface area contributed by atoms with Gasteiger partial charge >= 0.3 is 5.97 Å². The number of aromatic carboxylic acids is 1. The molecule has 0 aromatic heterocycles. The van der Waals surface area contributed by atoms with Crippen LogP contribution in [0.25, 0.3) is 0 Å². The van der Waals surface area contributed by atoms with Crippen molar-refractivity contribution in [3.05, 3.63) is 59.7 Å². The van der Waals surface area contributed by atoms with Crippen LogP contribution in [0.3, 0.4) is 0 Å². The first kappa shape index (κ1) is 11.9. The van der Waals surface area contributed by atoms with Crippen LogP contribution in [0.15, 0.2) is 53.5 Å². The molecule has 0 amide bonds. The Kier molecular flexibility index (Phi) is 3.38. The molecule has 0 unspecified atom stereocenters. The van der Waals surface area contributed by atoms with Gasteiger partial charge in [-0.1, -0.05) is 24.3 Å². The van der Waals surface area contributed by atoms with E-state index in [9.17, 15) is 9.90 Å². The van der Waals surface area contributed by atoms with Crippen LogP contribution in [-0.2, 0) is 0 Å². The molecule has 0 heterocycles. The molecule has 0 fully saturated rings. The summed E-state index contributed by atoms with van der Waals surface area (Å²) in [5.41, 5.74) is 1.23. The van der Waals surface area contributed by atoms with Gasteiger partial charge in [0.15, 0.2) is 0 Å². The number of carboxylic acids is 1. The standard InChI is InChI=1S/C14H11NO3/c16-11-5-3-4-10(8-11)9-15-13-7-2-1-6-12(13)14(17)18/h1-9,16H,(H,17,18). The summed E-state index contributed by atoms with van der Waals surface area (Å²) in [5.74, 6) is -0.871. The number of aromatic hydroxyl groups is 1. The predicted molar refractivity (Wildman–Crippen MR) is 68.8 cm³/mol. The molecule has 0 radical (unpaired) electrons. The monoisotopic (exact) mass is 241 g/mol. The van der Waals surface area contributed by atoms with Crippen molar-refractivity contribution in [1.29, 1.82) is 0 Å². The molecule has 90 valence electrons. The first-order valence-electron chi connectivity index (χ1n) is 5.32. The summed E-state index contributed by atoms with van der Waals surface area (Å²) in [6.07, 6.45) is 1.52. The van der Waals surface area contributed by atoms with E-state index in [0.717, 1.165) is 0 Å². The third-order valence-corrected chi connectivity index (χ3v) is 2.36. The number of carbonyl (C=O) groups is 1. The molecular weight excluding hydrogens is 230 g/mol. The summed E-state index contributed by atoms with van der Waals surface area (Å²) in [6.45, 7) is 0. The second-order valence-electron chi connectivity index (χ2n) is 3.68. The highest BCUT2D eigenvalue weighted by Gasteiger charge is 2.06. The summed E-state index contributed by atoms with van der Waals surface area (Å²) in [5, 5.41) is 18.3. The molecule has 0 saturated heterocycles. The average Bonchev–Trinajstić information content (AvgIpc) is 2.37. The maximum atomic E-state index is 11.0. The Morgan fingerprint density at radius 2 is 1.89 bits per heavy atom. The Hall–Kier alpha value is -2.62. The van der Waals surface area contributed by atoms with Gasteiger partial charge in [-0.3, -0.25) is 4.99 Å². The van der Waals surface area contributed by atoms with Crippen molar-refractivity contribution in [3.63, 3.8) is 0 Å². The Morgan fingerprint density at radius 3 is 2.61 bits per heavy atom. The minimum atomic E-state index is -1.02. The van der Waals surface area contributed by atoms with E-state index in [4.69, 9.17) is 5.11 Å². The first-order valence-corrected chi connectivity index (χ1v) is 5.32. The lowest BCUT2D eigenvalue weighted by Crippen LogP contribution is -1.96. The molecule has 0 bridgehead atoms. The van der Waals surface area contributed by atoms with Gasteiger partial charge in [0, 0.05) is 6.21 Å². The van der Waals surface area contributed by atoms with Crippen LogP contribution >= 0.6 is 0 Å². The molecule has 0 saturated carbocycles. The van der Waals surface area contributed by atoms with Crippen molar-refractivity contribution >= 4 is 17.9 Å². The fourth-order valence-electron chi connectivity index (χ4n) is 1.52. The molecule has 4 nitrogen and oxygen atoms in total. The summed E-state index contributed by atoms with van der Waals surface area (Å²) < 4.78 is 0. The normalized spacial score (nSPS) is 10.7. The van der Waals surface area contributed by atoms with Crippen LogP contribution < -0.4 is 0 Å². The highest BCUT2D eigenvalue weighted by Crippen LogP contribution is 2.19. The second-order valence-corrected chi connectivity index (χ2v) is 3.68. The zero-order valence-corrected chi connectivity index (χ0v) is 9.45. The number of nitrogens with zero attached hydrogens (tertiary/aromatic N) is 1. The molecule has 0 aliphatic rings. The van der Waals surface area contributed by atoms with E-state index in [0.29, 0.717) is 11.3 Å². The van der Waals surface area contributed by atoms with E-state index >= 15 is 0 Å². The number of hydrogen-bond acceptors (Lipinski definition) is 3. The van der Waals surface area contributed by atoms with Gasteiger partial charge in [0.1, 0.15) is 5.75 Å². The quantitative estimate of drug-likeness (QED) is 0.812.